The summed E-state index contributed by atoms with van der Waals surface area (Å²) in [5.74, 6) is -109. The lowest BCUT2D eigenvalue weighted by molar-refractivity contribution is -0.484. The Labute approximate surface area is 210 Å². The Bertz CT molecular complexity index is 1010. The summed E-state index contributed by atoms with van der Waals surface area (Å²) in [6, 6.07) is 0. The minimum Gasteiger partial charge on any atom is -0.195 e. The average molecular weight is 696 g/mol. The summed E-state index contributed by atoms with van der Waals surface area (Å²) in [5.41, 5.74) is 0. The highest BCUT2D eigenvalue weighted by molar-refractivity contribution is 5.21. The Balaban J connectivity index is 7.45. The van der Waals surface area contributed by atoms with Crippen LogP contribution in [0.5, 0.6) is 0 Å². The van der Waals surface area contributed by atoms with Gasteiger partial charge in [0.1, 0.15) is 0 Å². The lowest BCUT2D eigenvalue weighted by Gasteiger charge is -2.46. The molecule has 0 saturated heterocycles. The molecule has 0 bridgehead atoms. The second-order valence-electron chi connectivity index (χ2n) is 7.64. The number of halogens is 27. The normalized spacial score (nSPS) is 17.0. The fraction of sp³-hybridized carbons (Fsp3) is 0.867. The van der Waals surface area contributed by atoms with Gasteiger partial charge in [0.15, 0.2) is 0 Å². The number of hydrogen-bond donors (Lipinski definition) is 0. The summed E-state index contributed by atoms with van der Waals surface area (Å²) >= 11 is 0. The van der Waals surface area contributed by atoms with Crippen LogP contribution in [-0.4, -0.2) is 77.2 Å². The lowest BCUT2D eigenvalue weighted by Crippen LogP contribution is -2.78. The van der Waals surface area contributed by atoms with Crippen LogP contribution in [0.15, 0.2) is 12.7 Å². The van der Waals surface area contributed by atoms with E-state index in [9.17, 15) is 119 Å². The van der Waals surface area contributed by atoms with Crippen LogP contribution in [0.1, 0.15) is 0 Å². The maximum atomic E-state index is 13.6. The summed E-state index contributed by atoms with van der Waals surface area (Å²) in [5, 5.41) is 0. The fourth-order valence-corrected chi connectivity index (χ4v) is 2.29. The number of rotatable bonds is 12. The van der Waals surface area contributed by atoms with E-state index in [-0.39, 0.29) is 0 Å². The molecule has 0 aliphatic rings. The molecule has 27 heteroatoms. The van der Waals surface area contributed by atoms with E-state index in [0.29, 0.717) is 0 Å². The minimum atomic E-state index is -9.75. The van der Waals surface area contributed by atoms with Crippen molar-refractivity contribution in [2.24, 2.45) is 0 Å². The highest BCUT2D eigenvalue weighted by Crippen LogP contribution is 2.68. The van der Waals surface area contributed by atoms with Crippen molar-refractivity contribution < 1.29 is 119 Å². The minimum absolute atomic E-state index is 1.58. The van der Waals surface area contributed by atoms with Gasteiger partial charge in [-0.2, -0.15) is 119 Å². The predicted molar refractivity (Wildman–Crippen MR) is 75.6 cm³/mol. The predicted octanol–water partition coefficient (Wildman–Crippen LogP) is 9.36. The first kappa shape index (κ1) is 39.8. The van der Waals surface area contributed by atoms with Gasteiger partial charge in [0.2, 0.25) is 0 Å². The van der Waals surface area contributed by atoms with E-state index in [2.05, 4.69) is 0 Å². The summed E-state index contributed by atoms with van der Waals surface area (Å²) in [7, 11) is 0. The van der Waals surface area contributed by atoms with Gasteiger partial charge in [-0.1, -0.05) is 6.58 Å². The molecular weight excluding hydrogens is 693 g/mol. The first-order valence-electron chi connectivity index (χ1n) is 8.80. The van der Waals surface area contributed by atoms with Crippen molar-refractivity contribution in [3.63, 3.8) is 0 Å². The zero-order valence-corrected chi connectivity index (χ0v) is 18.0. The molecule has 252 valence electrons. The van der Waals surface area contributed by atoms with Crippen LogP contribution < -0.4 is 0 Å². The highest BCUT2D eigenvalue weighted by atomic mass is 19.4. The first-order valence-corrected chi connectivity index (χ1v) is 8.80. The van der Waals surface area contributed by atoms with Crippen molar-refractivity contribution >= 4 is 0 Å². The van der Waals surface area contributed by atoms with E-state index in [0.717, 1.165) is 0 Å². The third kappa shape index (κ3) is 4.34. The maximum Gasteiger partial charge on any atom is 0.460 e. The van der Waals surface area contributed by atoms with Gasteiger partial charge in [0.25, 0.3) is 0 Å². The van der Waals surface area contributed by atoms with Crippen LogP contribution in [0, 0.1) is 0 Å². The third-order valence-electron chi connectivity index (χ3n) is 4.97. The van der Waals surface area contributed by atoms with Crippen LogP contribution >= 0.6 is 0 Å². The molecule has 0 aliphatic heterocycles. The van der Waals surface area contributed by atoms with Gasteiger partial charge in [-0.25, -0.2) is 0 Å². The quantitative estimate of drug-likeness (QED) is 0.141. The Morgan fingerprint density at radius 3 is 0.524 bits per heavy atom. The van der Waals surface area contributed by atoms with E-state index in [1.54, 1.807) is 6.58 Å². The molecule has 0 aromatic heterocycles. The largest absolute Gasteiger partial charge is 0.460 e. The summed E-state index contributed by atoms with van der Waals surface area (Å²) in [6.07, 6.45) is -10.0. The van der Waals surface area contributed by atoms with Crippen molar-refractivity contribution in [1.29, 1.82) is 0 Å². The van der Waals surface area contributed by atoms with E-state index in [4.69, 9.17) is 0 Å². The molecule has 0 N–H and O–H groups in total. The van der Waals surface area contributed by atoms with Crippen molar-refractivity contribution in [2.75, 3.05) is 0 Å². The van der Waals surface area contributed by atoms with Gasteiger partial charge in [-0.05, 0) is 6.08 Å². The number of allylic oxidation sites excluding steroid dienone is 1. The summed E-state index contributed by atoms with van der Waals surface area (Å²) in [4.78, 5) is 0. The standard InChI is InChI=1S/C15H3F27/c1-2-3(16,17)4(18,19)5(20,21)6(22,23)7(24,25)8(26,27)9(28,29)10(30,31)11(32,33)12(34,35)13(36,37)14(38,39)15(40,41)42/h2H,1H2. The third-order valence-corrected chi connectivity index (χ3v) is 4.97. The van der Waals surface area contributed by atoms with Crippen LogP contribution in [0.4, 0.5) is 119 Å². The molecule has 0 saturated carbocycles. The first-order chi connectivity index (χ1) is 17.6. The van der Waals surface area contributed by atoms with Gasteiger partial charge in [0.05, 0.1) is 0 Å². The molecule has 42 heavy (non-hydrogen) atoms. The lowest BCUT2D eigenvalue weighted by atomic mass is 9.84. The van der Waals surface area contributed by atoms with Crippen LogP contribution in [-0.2, 0) is 0 Å². The summed E-state index contributed by atoms with van der Waals surface area (Å²) < 4.78 is 355. The highest BCUT2D eigenvalue weighted by Gasteiger charge is 3.00. The van der Waals surface area contributed by atoms with E-state index in [1.165, 1.54) is 0 Å². The van der Waals surface area contributed by atoms with Crippen molar-refractivity contribution in [1.82, 2.24) is 0 Å². The summed E-state index contributed by atoms with van der Waals surface area (Å²) in [6.45, 7) is 1.58. The maximum absolute atomic E-state index is 13.6. The molecule has 0 aromatic carbocycles. The molecule has 0 aliphatic carbocycles. The second kappa shape index (κ2) is 9.42. The van der Waals surface area contributed by atoms with Crippen LogP contribution in [0.2, 0.25) is 0 Å². The molecule has 0 amide bonds. The molecular formula is C15H3F27. The average Bonchev–Trinajstić information content (AvgIpc) is 2.76. The molecule has 0 rings (SSSR count). The second-order valence-corrected chi connectivity index (χ2v) is 7.64. The monoisotopic (exact) mass is 696 g/mol. The van der Waals surface area contributed by atoms with Gasteiger partial charge in [-0.3, -0.25) is 0 Å². The molecule has 0 aromatic rings. The topological polar surface area (TPSA) is 0 Å². The smallest absolute Gasteiger partial charge is 0.195 e. The molecule has 0 heterocycles. The number of alkyl halides is 27. The van der Waals surface area contributed by atoms with Crippen LogP contribution in [0.3, 0.4) is 0 Å². The molecule has 0 unspecified atom stereocenters. The SMILES string of the molecule is C=CC(F)(F)C(F)(F)C(F)(F)C(F)(F)C(F)(F)C(F)(F)C(F)(F)C(F)(F)C(F)(F)C(F)(F)C(F)(F)C(F)(F)C(F)(F)F. The molecule has 0 fully saturated rings. The molecule has 0 radical (unpaired) electrons. The molecule has 0 nitrogen and oxygen atoms in total. The van der Waals surface area contributed by atoms with Crippen molar-refractivity contribution in [3.05, 3.63) is 12.7 Å². The number of hydrogen-bond acceptors (Lipinski definition) is 0. The molecule has 0 spiro atoms. The zero-order chi connectivity index (χ0) is 35.2. The Morgan fingerprint density at radius 2 is 0.381 bits per heavy atom. The van der Waals surface area contributed by atoms with Gasteiger partial charge >= 0.3 is 77.2 Å². The van der Waals surface area contributed by atoms with E-state index >= 15 is 0 Å². The van der Waals surface area contributed by atoms with Crippen molar-refractivity contribution in [3.8, 4) is 0 Å². The van der Waals surface area contributed by atoms with Gasteiger partial charge in [0, 0.05) is 0 Å². The van der Waals surface area contributed by atoms with E-state index in [1.807, 2.05) is 0 Å². The Hall–Kier alpha value is -2.15. The zero-order valence-electron chi connectivity index (χ0n) is 18.0. The Morgan fingerprint density at radius 1 is 0.238 bits per heavy atom. The fourth-order valence-electron chi connectivity index (χ4n) is 2.29. The van der Waals surface area contributed by atoms with E-state index < -0.39 is 83.3 Å². The Kier molecular flexibility index (Phi) is 8.94. The van der Waals surface area contributed by atoms with Gasteiger partial charge < -0.3 is 0 Å². The van der Waals surface area contributed by atoms with Crippen molar-refractivity contribution in [2.45, 2.75) is 77.2 Å². The molecule has 0 atom stereocenters. The van der Waals surface area contributed by atoms with Crippen LogP contribution in [0.25, 0.3) is 0 Å². The van der Waals surface area contributed by atoms with Gasteiger partial charge in [-0.15, -0.1) is 0 Å².